The van der Waals surface area contributed by atoms with E-state index < -0.39 is 24.0 Å². The highest BCUT2D eigenvalue weighted by atomic mass is 16.5. The summed E-state index contributed by atoms with van der Waals surface area (Å²) in [4.78, 5) is 35.4. The molecule has 0 bridgehead atoms. The fraction of sp³-hybridized carbons (Fsp3) is 0.750. The van der Waals surface area contributed by atoms with E-state index in [0.717, 1.165) is 0 Å². The molecule has 8 nitrogen and oxygen atoms in total. The zero-order valence-electron chi connectivity index (χ0n) is 11.7. The van der Waals surface area contributed by atoms with Crippen molar-refractivity contribution in [3.8, 4) is 0 Å². The van der Waals surface area contributed by atoms with Gasteiger partial charge in [-0.1, -0.05) is 0 Å². The van der Waals surface area contributed by atoms with E-state index in [9.17, 15) is 14.4 Å². The van der Waals surface area contributed by atoms with Crippen molar-refractivity contribution >= 4 is 17.9 Å². The lowest BCUT2D eigenvalue weighted by Crippen LogP contribution is -2.48. The third kappa shape index (κ3) is 4.37. The van der Waals surface area contributed by atoms with Crippen molar-refractivity contribution in [2.24, 2.45) is 5.92 Å². The minimum absolute atomic E-state index is 0.108. The first-order valence-corrected chi connectivity index (χ1v) is 6.55. The van der Waals surface area contributed by atoms with Crippen LogP contribution < -0.4 is 10.6 Å². The number of likely N-dealkylation sites (N-methyl/N-ethyl adjacent to an activating group) is 1. The number of carbonyl (C=O) groups is 3. The van der Waals surface area contributed by atoms with Crippen molar-refractivity contribution in [3.05, 3.63) is 0 Å². The van der Waals surface area contributed by atoms with Gasteiger partial charge in [0.05, 0.1) is 19.3 Å². The van der Waals surface area contributed by atoms with Crippen LogP contribution in [-0.2, 0) is 14.3 Å². The van der Waals surface area contributed by atoms with Crippen LogP contribution in [0.15, 0.2) is 0 Å². The van der Waals surface area contributed by atoms with E-state index in [2.05, 4.69) is 10.6 Å². The van der Waals surface area contributed by atoms with Crippen LogP contribution in [0.2, 0.25) is 0 Å². The van der Waals surface area contributed by atoms with E-state index in [1.54, 1.807) is 0 Å². The second-order valence-electron chi connectivity index (χ2n) is 4.60. The van der Waals surface area contributed by atoms with Gasteiger partial charge >= 0.3 is 12.0 Å². The smallest absolute Gasteiger partial charge is 0.317 e. The molecule has 1 heterocycles. The molecule has 0 aromatic rings. The highest BCUT2D eigenvalue weighted by Gasteiger charge is 2.38. The van der Waals surface area contributed by atoms with E-state index in [4.69, 9.17) is 9.84 Å². The average Bonchev–Trinajstić information content (AvgIpc) is 2.87. The second kappa shape index (κ2) is 7.68. The Balaban J connectivity index is 2.39. The minimum atomic E-state index is -0.977. The van der Waals surface area contributed by atoms with Crippen LogP contribution in [0.25, 0.3) is 0 Å². The number of nitrogens with one attached hydrogen (secondary N) is 2. The summed E-state index contributed by atoms with van der Waals surface area (Å²) >= 11 is 0. The Morgan fingerprint density at radius 2 is 2.00 bits per heavy atom. The number of ether oxygens (including phenoxy) is 1. The molecule has 0 spiro atoms. The molecule has 1 aliphatic heterocycles. The Morgan fingerprint density at radius 1 is 1.30 bits per heavy atom. The van der Waals surface area contributed by atoms with Gasteiger partial charge in [-0.15, -0.1) is 0 Å². The molecule has 1 aliphatic rings. The summed E-state index contributed by atoms with van der Waals surface area (Å²) in [7, 11) is 1.52. The van der Waals surface area contributed by atoms with Crippen molar-refractivity contribution in [2.75, 3.05) is 33.4 Å². The van der Waals surface area contributed by atoms with Gasteiger partial charge in [0.15, 0.2) is 0 Å². The summed E-state index contributed by atoms with van der Waals surface area (Å²) in [6.45, 7) is 2.89. The van der Waals surface area contributed by atoms with Crippen LogP contribution in [0.1, 0.15) is 13.3 Å². The molecular formula is C12H21N3O5. The molecule has 114 valence electrons. The number of aliphatic carboxylic acids is 1. The van der Waals surface area contributed by atoms with Gasteiger partial charge < -0.3 is 25.4 Å². The van der Waals surface area contributed by atoms with Crippen LogP contribution in [0, 0.1) is 5.92 Å². The van der Waals surface area contributed by atoms with Crippen LogP contribution in [0.4, 0.5) is 4.79 Å². The Labute approximate surface area is 117 Å². The van der Waals surface area contributed by atoms with Gasteiger partial charge in [-0.25, -0.2) is 4.79 Å². The Morgan fingerprint density at radius 3 is 2.60 bits per heavy atom. The second-order valence-corrected chi connectivity index (χ2v) is 4.60. The number of hydrogen-bond acceptors (Lipinski definition) is 4. The van der Waals surface area contributed by atoms with Gasteiger partial charge in [-0.3, -0.25) is 9.59 Å². The van der Waals surface area contributed by atoms with Crippen LogP contribution in [0.5, 0.6) is 0 Å². The molecule has 0 saturated carbocycles. The molecule has 1 rings (SSSR count). The third-order valence-corrected chi connectivity index (χ3v) is 3.19. The topological polar surface area (TPSA) is 108 Å². The summed E-state index contributed by atoms with van der Waals surface area (Å²) in [5, 5.41) is 14.2. The summed E-state index contributed by atoms with van der Waals surface area (Å²) in [5.41, 5.74) is 0. The number of carbonyl (C=O) groups excluding carboxylic acids is 2. The number of carboxylic acid groups (broad SMARTS) is 1. The Bertz CT molecular complexity index is 374. The third-order valence-electron chi connectivity index (χ3n) is 3.19. The van der Waals surface area contributed by atoms with Crippen molar-refractivity contribution in [1.82, 2.24) is 15.5 Å². The van der Waals surface area contributed by atoms with Crippen molar-refractivity contribution < 1.29 is 24.2 Å². The first-order valence-electron chi connectivity index (χ1n) is 6.55. The minimum Gasteiger partial charge on any atom is -0.481 e. The number of hydrogen-bond donors (Lipinski definition) is 3. The first kappa shape index (κ1) is 16.2. The highest BCUT2D eigenvalue weighted by molar-refractivity contribution is 5.79. The maximum absolute atomic E-state index is 11.9. The molecule has 3 amide bonds. The van der Waals surface area contributed by atoms with Crippen molar-refractivity contribution in [3.63, 3.8) is 0 Å². The van der Waals surface area contributed by atoms with E-state index >= 15 is 0 Å². The predicted molar refractivity (Wildman–Crippen MR) is 70.2 cm³/mol. The molecule has 8 heteroatoms. The molecule has 1 saturated heterocycles. The first-order chi connectivity index (χ1) is 9.47. The van der Waals surface area contributed by atoms with E-state index in [1.165, 1.54) is 11.9 Å². The molecule has 0 radical (unpaired) electrons. The molecule has 0 aromatic carbocycles. The van der Waals surface area contributed by atoms with Gasteiger partial charge in [0.2, 0.25) is 5.91 Å². The zero-order chi connectivity index (χ0) is 15.1. The predicted octanol–water partition coefficient (Wildman–Crippen LogP) is -0.746. The zero-order valence-corrected chi connectivity index (χ0v) is 11.7. The lowest BCUT2D eigenvalue weighted by molar-refractivity contribution is -0.142. The lowest BCUT2D eigenvalue weighted by Gasteiger charge is -2.26. The van der Waals surface area contributed by atoms with E-state index in [1.807, 2.05) is 6.92 Å². The molecule has 0 aliphatic carbocycles. The molecule has 2 unspecified atom stereocenters. The van der Waals surface area contributed by atoms with E-state index in [0.29, 0.717) is 6.54 Å². The number of carboxylic acids is 1. The summed E-state index contributed by atoms with van der Waals surface area (Å²) in [6.07, 6.45) is 0.191. The molecule has 3 N–H and O–H groups in total. The summed E-state index contributed by atoms with van der Waals surface area (Å²) in [6, 6.07) is -0.895. The number of nitrogens with zero attached hydrogens (tertiary/aromatic N) is 1. The fourth-order valence-electron chi connectivity index (χ4n) is 2.00. The maximum Gasteiger partial charge on any atom is 0.317 e. The Hall–Kier alpha value is -1.83. The molecule has 0 aromatic heterocycles. The lowest BCUT2D eigenvalue weighted by atomic mass is 10.0. The van der Waals surface area contributed by atoms with Crippen LogP contribution in [-0.4, -0.2) is 67.3 Å². The van der Waals surface area contributed by atoms with Gasteiger partial charge in [0, 0.05) is 26.6 Å². The SMILES string of the molecule is CCNC(=O)CCNC(=O)N(C)C1COCC1C(=O)O. The number of urea groups is 1. The van der Waals surface area contributed by atoms with E-state index in [-0.39, 0.29) is 32.1 Å². The Kier molecular flexibility index (Phi) is 6.23. The quantitative estimate of drug-likeness (QED) is 0.596. The van der Waals surface area contributed by atoms with Gasteiger partial charge in [0.25, 0.3) is 0 Å². The number of amides is 3. The molecule has 20 heavy (non-hydrogen) atoms. The van der Waals surface area contributed by atoms with Gasteiger partial charge in [0.1, 0.15) is 5.92 Å². The molecule has 1 fully saturated rings. The van der Waals surface area contributed by atoms with Crippen molar-refractivity contribution in [2.45, 2.75) is 19.4 Å². The largest absolute Gasteiger partial charge is 0.481 e. The van der Waals surface area contributed by atoms with Crippen LogP contribution >= 0.6 is 0 Å². The van der Waals surface area contributed by atoms with Gasteiger partial charge in [-0.2, -0.15) is 0 Å². The van der Waals surface area contributed by atoms with Crippen LogP contribution in [0.3, 0.4) is 0 Å². The summed E-state index contributed by atoms with van der Waals surface area (Å²) in [5.74, 6) is -1.83. The molecular weight excluding hydrogens is 266 g/mol. The summed E-state index contributed by atoms with van der Waals surface area (Å²) < 4.78 is 5.11. The average molecular weight is 287 g/mol. The number of rotatable bonds is 6. The van der Waals surface area contributed by atoms with Gasteiger partial charge in [-0.05, 0) is 6.92 Å². The van der Waals surface area contributed by atoms with Crippen molar-refractivity contribution in [1.29, 1.82) is 0 Å². The molecule has 2 atom stereocenters. The highest BCUT2D eigenvalue weighted by Crippen LogP contribution is 2.18. The fourth-order valence-corrected chi connectivity index (χ4v) is 2.00. The normalized spacial score (nSPS) is 21.3. The monoisotopic (exact) mass is 287 g/mol. The standard InChI is InChI=1S/C12H21N3O5/c1-3-13-10(16)4-5-14-12(19)15(2)9-7-20-6-8(9)11(17)18/h8-9H,3-7H2,1-2H3,(H,13,16)(H,14,19)(H,17,18). The maximum atomic E-state index is 11.9.